The summed E-state index contributed by atoms with van der Waals surface area (Å²) in [5, 5.41) is 3.53. The first-order valence-corrected chi connectivity index (χ1v) is 7.87. The molecule has 0 unspecified atom stereocenters. The van der Waals surface area contributed by atoms with Crippen LogP contribution in [0, 0.1) is 11.3 Å². The van der Waals surface area contributed by atoms with Gasteiger partial charge in [-0.25, -0.2) is 0 Å². The van der Waals surface area contributed by atoms with Gasteiger partial charge in [0.1, 0.15) is 0 Å². The Balaban J connectivity index is 2.41. The van der Waals surface area contributed by atoms with Gasteiger partial charge in [-0.05, 0) is 49.3 Å². The van der Waals surface area contributed by atoms with Crippen molar-refractivity contribution in [1.82, 2.24) is 5.32 Å². The fourth-order valence-corrected chi connectivity index (χ4v) is 3.34. The predicted molar refractivity (Wildman–Crippen MR) is 80.0 cm³/mol. The normalized spacial score (nSPS) is 12.4. The van der Waals surface area contributed by atoms with Crippen LogP contribution < -0.4 is 5.32 Å². The summed E-state index contributed by atoms with van der Waals surface area (Å²) in [5.41, 5.74) is 0.353. The molecule has 0 aliphatic rings. The highest BCUT2D eigenvalue weighted by Gasteiger charge is 2.21. The van der Waals surface area contributed by atoms with E-state index in [0.29, 0.717) is 11.3 Å². The Morgan fingerprint density at radius 2 is 2.00 bits per heavy atom. The van der Waals surface area contributed by atoms with Crippen LogP contribution in [0.4, 0.5) is 0 Å². The molecule has 0 atom stereocenters. The number of hydrogen-bond donors (Lipinski definition) is 1. The lowest BCUT2D eigenvalue weighted by Crippen LogP contribution is -2.32. The second-order valence-corrected chi connectivity index (χ2v) is 8.39. The third-order valence-electron chi connectivity index (χ3n) is 3.14. The van der Waals surface area contributed by atoms with Gasteiger partial charge in [0.15, 0.2) is 0 Å². The van der Waals surface area contributed by atoms with Gasteiger partial charge in [0, 0.05) is 22.4 Å². The van der Waals surface area contributed by atoms with E-state index in [1.165, 1.54) is 8.66 Å². The molecule has 1 rings (SSSR count). The van der Waals surface area contributed by atoms with Crippen LogP contribution >= 0.6 is 43.2 Å². The van der Waals surface area contributed by atoms with Gasteiger partial charge in [0.25, 0.3) is 0 Å². The molecule has 1 nitrogen and oxygen atoms in total. The lowest BCUT2D eigenvalue weighted by atomic mass is 9.81. The molecule has 92 valence electrons. The molecule has 1 heterocycles. The highest BCUT2D eigenvalue weighted by atomic mass is 79.9. The first kappa shape index (κ1) is 14.7. The second-order valence-electron chi connectivity index (χ2n) is 5.08. The highest BCUT2D eigenvalue weighted by Crippen LogP contribution is 2.32. The van der Waals surface area contributed by atoms with Crippen LogP contribution in [0.5, 0.6) is 0 Å². The molecule has 0 bridgehead atoms. The minimum absolute atomic E-state index is 0.353. The van der Waals surface area contributed by atoms with E-state index in [4.69, 9.17) is 0 Å². The first-order chi connectivity index (χ1) is 7.33. The molecule has 0 amide bonds. The maximum atomic E-state index is 3.53. The van der Waals surface area contributed by atoms with Gasteiger partial charge in [-0.15, -0.1) is 11.3 Å². The lowest BCUT2D eigenvalue weighted by Gasteiger charge is -2.29. The van der Waals surface area contributed by atoms with Crippen molar-refractivity contribution >= 4 is 43.2 Å². The number of nitrogens with one attached hydrogen (secondary N) is 1. The summed E-state index contributed by atoms with van der Waals surface area (Å²) in [6.45, 7) is 11.2. The van der Waals surface area contributed by atoms with E-state index < -0.39 is 0 Å². The van der Waals surface area contributed by atoms with Crippen molar-refractivity contribution < 1.29 is 0 Å². The predicted octanol–water partition coefficient (Wildman–Crippen LogP) is 5.04. The second kappa shape index (κ2) is 5.98. The Hall–Kier alpha value is 0.620. The maximum absolute atomic E-state index is 3.53. The quantitative estimate of drug-likeness (QED) is 0.767. The van der Waals surface area contributed by atoms with Gasteiger partial charge in [-0.3, -0.25) is 0 Å². The Morgan fingerprint density at radius 3 is 2.44 bits per heavy atom. The lowest BCUT2D eigenvalue weighted by molar-refractivity contribution is 0.238. The molecule has 1 aromatic rings. The first-order valence-electron chi connectivity index (χ1n) is 5.47. The van der Waals surface area contributed by atoms with Crippen LogP contribution in [0.3, 0.4) is 0 Å². The molecule has 0 saturated heterocycles. The van der Waals surface area contributed by atoms with E-state index in [0.717, 1.165) is 17.6 Å². The molecule has 0 aromatic carbocycles. The third-order valence-corrected chi connectivity index (χ3v) is 6.40. The summed E-state index contributed by atoms with van der Waals surface area (Å²) in [6, 6.07) is 2.17. The molecule has 4 heteroatoms. The molecule has 1 N–H and O–H groups in total. The monoisotopic (exact) mass is 367 g/mol. The fourth-order valence-electron chi connectivity index (χ4n) is 1.19. The zero-order valence-corrected chi connectivity index (χ0v) is 14.2. The van der Waals surface area contributed by atoms with Crippen molar-refractivity contribution in [2.75, 3.05) is 6.54 Å². The smallest absolute Gasteiger partial charge is 0.0843 e. The molecular formula is C12H19Br2NS. The number of thiophene rings is 1. The van der Waals surface area contributed by atoms with E-state index in [1.54, 1.807) is 11.3 Å². The minimum Gasteiger partial charge on any atom is -0.311 e. The summed E-state index contributed by atoms with van der Waals surface area (Å²) in [4.78, 5) is 1.36. The Bertz CT molecular complexity index is 325. The van der Waals surface area contributed by atoms with Gasteiger partial charge in [-0.2, -0.15) is 0 Å². The topological polar surface area (TPSA) is 12.0 Å². The van der Waals surface area contributed by atoms with Crippen molar-refractivity contribution in [3.8, 4) is 0 Å². The fraction of sp³-hybridized carbons (Fsp3) is 0.667. The number of hydrogen-bond acceptors (Lipinski definition) is 2. The van der Waals surface area contributed by atoms with Gasteiger partial charge in [0.05, 0.1) is 3.79 Å². The molecule has 0 radical (unpaired) electrons. The number of rotatable bonds is 5. The van der Waals surface area contributed by atoms with E-state index >= 15 is 0 Å². The Morgan fingerprint density at radius 1 is 1.38 bits per heavy atom. The van der Waals surface area contributed by atoms with E-state index in [2.05, 4.69) is 70.9 Å². The van der Waals surface area contributed by atoms with Crippen LogP contribution in [0.25, 0.3) is 0 Å². The SMILES string of the molecule is CC(C)C(C)(C)CNCc1cc(Br)c(Br)s1. The summed E-state index contributed by atoms with van der Waals surface area (Å²) < 4.78 is 2.32. The number of halogens is 2. The van der Waals surface area contributed by atoms with Gasteiger partial charge < -0.3 is 5.32 Å². The van der Waals surface area contributed by atoms with Crippen molar-refractivity contribution in [3.05, 3.63) is 19.2 Å². The Labute approximate surface area is 119 Å². The average Bonchev–Trinajstić information content (AvgIpc) is 2.45. The Kier molecular flexibility index (Phi) is 5.49. The van der Waals surface area contributed by atoms with Crippen molar-refractivity contribution in [1.29, 1.82) is 0 Å². The van der Waals surface area contributed by atoms with Gasteiger partial charge in [-0.1, -0.05) is 27.7 Å². The van der Waals surface area contributed by atoms with E-state index in [1.807, 2.05) is 0 Å². The van der Waals surface area contributed by atoms with Crippen LogP contribution in [0.2, 0.25) is 0 Å². The molecule has 0 saturated carbocycles. The molecule has 1 aromatic heterocycles. The third kappa shape index (κ3) is 4.13. The van der Waals surface area contributed by atoms with Gasteiger partial charge >= 0.3 is 0 Å². The average molecular weight is 369 g/mol. The van der Waals surface area contributed by atoms with Crippen molar-refractivity contribution in [2.24, 2.45) is 11.3 Å². The summed E-state index contributed by atoms with van der Waals surface area (Å²) in [6.07, 6.45) is 0. The maximum Gasteiger partial charge on any atom is 0.0843 e. The van der Waals surface area contributed by atoms with E-state index in [-0.39, 0.29) is 0 Å². The highest BCUT2D eigenvalue weighted by molar-refractivity contribution is 9.13. The standard InChI is InChI=1S/C12H19Br2NS/c1-8(2)12(3,4)7-15-6-9-5-10(13)11(14)16-9/h5,8,15H,6-7H2,1-4H3. The zero-order valence-electron chi connectivity index (χ0n) is 10.2. The molecule has 0 aliphatic carbocycles. The van der Waals surface area contributed by atoms with Crippen LogP contribution in [0.1, 0.15) is 32.6 Å². The van der Waals surface area contributed by atoms with Crippen LogP contribution in [-0.2, 0) is 6.54 Å². The van der Waals surface area contributed by atoms with E-state index in [9.17, 15) is 0 Å². The van der Waals surface area contributed by atoms with Crippen LogP contribution in [-0.4, -0.2) is 6.54 Å². The summed E-state index contributed by atoms with van der Waals surface area (Å²) in [7, 11) is 0. The zero-order chi connectivity index (χ0) is 12.3. The van der Waals surface area contributed by atoms with Crippen LogP contribution in [0.15, 0.2) is 14.3 Å². The molecular weight excluding hydrogens is 350 g/mol. The molecule has 0 spiro atoms. The minimum atomic E-state index is 0.353. The van der Waals surface area contributed by atoms with Crippen molar-refractivity contribution in [3.63, 3.8) is 0 Å². The summed E-state index contributed by atoms with van der Waals surface area (Å²) >= 11 is 8.80. The summed E-state index contributed by atoms with van der Waals surface area (Å²) in [5.74, 6) is 0.696. The molecule has 16 heavy (non-hydrogen) atoms. The molecule has 0 aliphatic heterocycles. The van der Waals surface area contributed by atoms with Crippen molar-refractivity contribution in [2.45, 2.75) is 34.2 Å². The van der Waals surface area contributed by atoms with Gasteiger partial charge in [0.2, 0.25) is 0 Å². The molecule has 0 fully saturated rings. The largest absolute Gasteiger partial charge is 0.311 e.